The van der Waals surface area contributed by atoms with E-state index in [0.29, 0.717) is 46.5 Å². The maximum Gasteiger partial charge on any atom is 0.255 e. The first-order valence-corrected chi connectivity index (χ1v) is 10.1. The summed E-state index contributed by atoms with van der Waals surface area (Å²) in [5.74, 6) is -0.444. The van der Waals surface area contributed by atoms with Gasteiger partial charge in [-0.3, -0.25) is 14.5 Å². The molecule has 12 heteroatoms. The lowest BCUT2D eigenvalue weighted by Gasteiger charge is -2.12. The van der Waals surface area contributed by atoms with Crippen molar-refractivity contribution in [2.24, 2.45) is 0 Å². The van der Waals surface area contributed by atoms with Gasteiger partial charge in [0.05, 0.1) is 65.0 Å². The molecule has 4 aromatic heterocycles. The number of alkyl halides is 1. The van der Waals surface area contributed by atoms with E-state index in [4.69, 9.17) is 16.3 Å². The van der Waals surface area contributed by atoms with Crippen LogP contribution in [0.3, 0.4) is 0 Å². The number of fused-ring (bicyclic) bond motifs is 1. The number of carbonyl (C=O) groups is 1. The highest BCUT2D eigenvalue weighted by molar-refractivity contribution is 6.30. The van der Waals surface area contributed by atoms with Gasteiger partial charge in [0.1, 0.15) is 6.67 Å². The predicted octanol–water partition coefficient (Wildman–Crippen LogP) is 2.73. The van der Waals surface area contributed by atoms with E-state index in [-0.39, 0.29) is 12.1 Å². The highest BCUT2D eigenvalue weighted by atomic mass is 35.5. The van der Waals surface area contributed by atoms with Crippen molar-refractivity contribution in [3.05, 3.63) is 53.8 Å². The second-order valence-electron chi connectivity index (χ2n) is 6.77. The Morgan fingerprint density at radius 1 is 1.19 bits per heavy atom. The lowest BCUT2D eigenvalue weighted by molar-refractivity contribution is 0.0951. The summed E-state index contributed by atoms with van der Waals surface area (Å²) in [6, 6.07) is 1.71. The van der Waals surface area contributed by atoms with Gasteiger partial charge in [0.2, 0.25) is 0 Å². The van der Waals surface area contributed by atoms with Crippen molar-refractivity contribution in [2.45, 2.75) is 6.54 Å². The summed E-state index contributed by atoms with van der Waals surface area (Å²) in [5, 5.41) is 14.7. The zero-order valence-electron chi connectivity index (χ0n) is 17.1. The third-order valence-corrected chi connectivity index (χ3v) is 4.76. The Morgan fingerprint density at radius 3 is 2.88 bits per heavy atom. The molecular formula is C20H20ClFN8O2. The number of carbonyl (C=O) groups excluding carboxylic acids is 1. The number of ether oxygens (including phenoxy) is 1. The van der Waals surface area contributed by atoms with Crippen LogP contribution < -0.4 is 10.6 Å². The molecule has 0 aliphatic carbocycles. The van der Waals surface area contributed by atoms with Crippen LogP contribution in [0.25, 0.3) is 16.9 Å². The van der Waals surface area contributed by atoms with Gasteiger partial charge in [-0.1, -0.05) is 11.6 Å². The van der Waals surface area contributed by atoms with Crippen LogP contribution in [0.1, 0.15) is 10.4 Å². The second-order valence-corrected chi connectivity index (χ2v) is 7.20. The molecule has 4 rings (SSSR count). The predicted molar refractivity (Wildman–Crippen MR) is 117 cm³/mol. The SMILES string of the molecule is COCCn1cc(Nc2cc(-c3cnn4cc(Cl)cnc34)ncc2C(=O)NCCF)cn1. The number of halogens is 2. The highest BCUT2D eigenvalue weighted by Crippen LogP contribution is 2.28. The molecule has 0 unspecified atom stereocenters. The Balaban J connectivity index is 1.70. The molecule has 4 heterocycles. The summed E-state index contributed by atoms with van der Waals surface area (Å²) in [6.45, 7) is 0.347. The average molecular weight is 459 g/mol. The molecule has 0 radical (unpaired) electrons. The molecule has 2 N–H and O–H groups in total. The molecule has 0 aliphatic heterocycles. The highest BCUT2D eigenvalue weighted by Gasteiger charge is 2.17. The fraction of sp³-hybridized carbons (Fsp3) is 0.250. The average Bonchev–Trinajstić information content (AvgIpc) is 3.42. The lowest BCUT2D eigenvalue weighted by atomic mass is 10.1. The van der Waals surface area contributed by atoms with Crippen molar-refractivity contribution in [3.63, 3.8) is 0 Å². The monoisotopic (exact) mass is 458 g/mol. The first-order valence-electron chi connectivity index (χ1n) is 9.71. The number of nitrogens with zero attached hydrogens (tertiary/aromatic N) is 6. The van der Waals surface area contributed by atoms with E-state index in [9.17, 15) is 9.18 Å². The minimum absolute atomic E-state index is 0.0896. The molecule has 0 saturated heterocycles. The Labute approximate surface area is 187 Å². The summed E-state index contributed by atoms with van der Waals surface area (Å²) in [7, 11) is 1.62. The molecule has 0 atom stereocenters. The molecular weight excluding hydrogens is 439 g/mol. The molecule has 166 valence electrons. The van der Waals surface area contributed by atoms with Gasteiger partial charge in [-0.05, 0) is 6.07 Å². The number of methoxy groups -OCH3 is 1. The van der Waals surface area contributed by atoms with Gasteiger partial charge in [0.15, 0.2) is 5.65 Å². The Kier molecular flexibility index (Phi) is 6.57. The maximum absolute atomic E-state index is 12.6. The Bertz CT molecular complexity index is 1240. The van der Waals surface area contributed by atoms with E-state index in [1.165, 1.54) is 12.4 Å². The Hall–Kier alpha value is -3.57. The summed E-state index contributed by atoms with van der Waals surface area (Å²) < 4.78 is 20.9. The largest absolute Gasteiger partial charge is 0.383 e. The van der Waals surface area contributed by atoms with Gasteiger partial charge in [0.25, 0.3) is 5.91 Å². The number of hydrogen-bond donors (Lipinski definition) is 2. The third-order valence-electron chi connectivity index (χ3n) is 4.57. The smallest absolute Gasteiger partial charge is 0.255 e. The fourth-order valence-corrected chi connectivity index (χ4v) is 3.21. The van der Waals surface area contributed by atoms with Crippen LogP contribution in [0.15, 0.2) is 43.2 Å². The second kappa shape index (κ2) is 9.71. The summed E-state index contributed by atoms with van der Waals surface area (Å²) in [4.78, 5) is 21.3. The van der Waals surface area contributed by atoms with Crippen LogP contribution in [0, 0.1) is 0 Å². The molecule has 0 aromatic carbocycles. The normalized spacial score (nSPS) is 11.1. The molecule has 0 saturated carbocycles. The standard InChI is InChI=1S/C20H20ClFN8O2/c1-32-5-4-29-12-14(8-26-29)28-18-6-17(24-9-16(18)20(31)23-3-2-22)15-10-27-30-11-13(21)7-25-19(15)30/h6-12H,2-5H2,1H3,(H,23,31)(H,24,28). The van der Waals surface area contributed by atoms with E-state index in [0.717, 1.165) is 0 Å². The number of anilines is 2. The van der Waals surface area contributed by atoms with Crippen molar-refractivity contribution in [2.75, 3.05) is 32.3 Å². The zero-order chi connectivity index (χ0) is 22.5. The molecule has 32 heavy (non-hydrogen) atoms. The fourth-order valence-electron chi connectivity index (χ4n) is 3.07. The number of amides is 1. The van der Waals surface area contributed by atoms with Gasteiger partial charge >= 0.3 is 0 Å². The van der Waals surface area contributed by atoms with Gasteiger partial charge in [-0.2, -0.15) is 10.2 Å². The molecule has 0 bridgehead atoms. The first kappa shape index (κ1) is 21.7. The Morgan fingerprint density at radius 2 is 2.06 bits per heavy atom. The van der Waals surface area contributed by atoms with Crippen molar-refractivity contribution < 1.29 is 13.9 Å². The molecule has 10 nitrogen and oxygen atoms in total. The van der Waals surface area contributed by atoms with E-state index in [2.05, 4.69) is 30.8 Å². The van der Waals surface area contributed by atoms with E-state index in [1.54, 1.807) is 47.2 Å². The maximum atomic E-state index is 12.6. The quantitative estimate of drug-likeness (QED) is 0.396. The van der Waals surface area contributed by atoms with Gasteiger partial charge in [0, 0.05) is 32.2 Å². The van der Waals surface area contributed by atoms with E-state index >= 15 is 0 Å². The van der Waals surface area contributed by atoms with Crippen LogP contribution in [0.2, 0.25) is 5.02 Å². The third kappa shape index (κ3) is 4.68. The van der Waals surface area contributed by atoms with Gasteiger partial charge < -0.3 is 15.4 Å². The van der Waals surface area contributed by atoms with E-state index < -0.39 is 12.6 Å². The summed E-state index contributed by atoms with van der Waals surface area (Å²) in [6.07, 6.45) is 9.64. The lowest BCUT2D eigenvalue weighted by Crippen LogP contribution is -2.26. The summed E-state index contributed by atoms with van der Waals surface area (Å²) >= 11 is 5.98. The molecule has 0 fully saturated rings. The van der Waals surface area contributed by atoms with Crippen LogP contribution in [0.5, 0.6) is 0 Å². The van der Waals surface area contributed by atoms with Gasteiger partial charge in [-0.15, -0.1) is 0 Å². The number of hydrogen-bond acceptors (Lipinski definition) is 7. The molecule has 0 aliphatic rings. The number of nitrogens with one attached hydrogen (secondary N) is 2. The molecule has 0 spiro atoms. The van der Waals surface area contributed by atoms with Crippen LogP contribution >= 0.6 is 11.6 Å². The van der Waals surface area contributed by atoms with Gasteiger partial charge in [-0.25, -0.2) is 13.9 Å². The first-order chi connectivity index (χ1) is 15.6. The minimum Gasteiger partial charge on any atom is -0.383 e. The van der Waals surface area contributed by atoms with Crippen molar-refractivity contribution in [1.82, 2.24) is 34.7 Å². The number of rotatable bonds is 9. The number of aromatic nitrogens is 6. The van der Waals surface area contributed by atoms with Crippen LogP contribution in [-0.4, -0.2) is 62.2 Å². The topological polar surface area (TPSA) is 111 Å². The summed E-state index contributed by atoms with van der Waals surface area (Å²) in [5.41, 5.74) is 3.19. The van der Waals surface area contributed by atoms with Crippen molar-refractivity contribution >= 4 is 34.5 Å². The van der Waals surface area contributed by atoms with Crippen molar-refractivity contribution in [1.29, 1.82) is 0 Å². The van der Waals surface area contributed by atoms with Crippen LogP contribution in [0.4, 0.5) is 15.8 Å². The molecule has 4 aromatic rings. The molecule has 1 amide bonds. The minimum atomic E-state index is -0.664. The zero-order valence-corrected chi connectivity index (χ0v) is 17.9. The van der Waals surface area contributed by atoms with Crippen molar-refractivity contribution in [3.8, 4) is 11.3 Å². The van der Waals surface area contributed by atoms with Crippen LogP contribution in [-0.2, 0) is 11.3 Å². The number of pyridine rings is 1. The van der Waals surface area contributed by atoms with E-state index in [1.807, 2.05) is 0 Å².